The highest BCUT2D eigenvalue weighted by Gasteiger charge is 2.31. The number of aromatic nitrogens is 1. The van der Waals surface area contributed by atoms with Gasteiger partial charge in [0, 0.05) is 13.2 Å². The Kier molecular flexibility index (Phi) is 4.59. The van der Waals surface area contributed by atoms with E-state index in [1.165, 1.54) is 7.11 Å². The number of hydrogen-bond acceptors (Lipinski definition) is 3. The quantitative estimate of drug-likeness (QED) is 0.852. The molecule has 0 aliphatic heterocycles. The highest BCUT2D eigenvalue weighted by Crippen LogP contribution is 2.31. The average Bonchev–Trinajstić information content (AvgIpc) is 2.15. The lowest BCUT2D eigenvalue weighted by atomic mass is 10.2. The molecular weight excluding hydrogens is 257 g/mol. The third-order valence-corrected chi connectivity index (χ3v) is 2.13. The Balaban J connectivity index is 2.90. The van der Waals surface area contributed by atoms with Gasteiger partial charge in [-0.2, -0.15) is 13.2 Å². The number of pyridine rings is 1. The zero-order chi connectivity index (χ0) is 13.1. The summed E-state index contributed by atoms with van der Waals surface area (Å²) in [7, 11) is 1.50. The van der Waals surface area contributed by atoms with Gasteiger partial charge in [-0.3, -0.25) is 0 Å². The fourth-order valence-corrected chi connectivity index (χ4v) is 1.49. The largest absolute Gasteiger partial charge is 0.416 e. The second-order valence-electron chi connectivity index (χ2n) is 3.56. The van der Waals surface area contributed by atoms with Crippen molar-refractivity contribution >= 4 is 17.4 Å². The maximum atomic E-state index is 12.5. The summed E-state index contributed by atoms with van der Waals surface area (Å²) in [5.41, 5.74) is -0.829. The Hall–Kier alpha value is -1.01. The molecule has 1 aromatic rings. The summed E-state index contributed by atoms with van der Waals surface area (Å²) in [4.78, 5) is 3.77. The predicted molar refractivity (Wildman–Crippen MR) is 59.2 cm³/mol. The Morgan fingerprint density at radius 2 is 2.12 bits per heavy atom. The van der Waals surface area contributed by atoms with Gasteiger partial charge < -0.3 is 10.1 Å². The smallest absolute Gasteiger partial charge is 0.383 e. The molecule has 3 nitrogen and oxygen atoms in total. The second kappa shape index (κ2) is 5.55. The zero-order valence-corrected chi connectivity index (χ0v) is 10.1. The van der Waals surface area contributed by atoms with E-state index in [-0.39, 0.29) is 17.0 Å². The van der Waals surface area contributed by atoms with Crippen LogP contribution in [0.3, 0.4) is 0 Å². The van der Waals surface area contributed by atoms with Gasteiger partial charge in [-0.25, -0.2) is 4.98 Å². The van der Waals surface area contributed by atoms with Crippen molar-refractivity contribution in [2.45, 2.75) is 19.1 Å². The molecule has 0 saturated carbocycles. The number of nitrogens with zero attached hydrogens (tertiary/aromatic N) is 1. The van der Waals surface area contributed by atoms with Gasteiger partial charge in [0.2, 0.25) is 0 Å². The fraction of sp³-hybridized carbons (Fsp3) is 0.500. The fourth-order valence-electron chi connectivity index (χ4n) is 1.28. The lowest BCUT2D eigenvalue weighted by Crippen LogP contribution is -2.22. The van der Waals surface area contributed by atoms with Crippen molar-refractivity contribution in [3.63, 3.8) is 0 Å². The van der Waals surface area contributed by atoms with Crippen LogP contribution in [0.5, 0.6) is 0 Å². The molecule has 0 saturated heterocycles. The molecule has 96 valence electrons. The molecule has 1 atom stereocenters. The van der Waals surface area contributed by atoms with Crippen LogP contribution in [0.1, 0.15) is 12.5 Å². The van der Waals surface area contributed by atoms with E-state index in [1.54, 1.807) is 6.92 Å². The van der Waals surface area contributed by atoms with Gasteiger partial charge in [0.05, 0.1) is 12.2 Å². The molecule has 0 amide bonds. The summed E-state index contributed by atoms with van der Waals surface area (Å²) in [6, 6.07) is 1.54. The second-order valence-corrected chi connectivity index (χ2v) is 3.95. The van der Waals surface area contributed by atoms with Crippen LogP contribution in [0.25, 0.3) is 0 Å². The molecule has 1 aromatic heterocycles. The number of methoxy groups -OCH3 is 1. The van der Waals surface area contributed by atoms with Crippen molar-refractivity contribution in [3.8, 4) is 0 Å². The Morgan fingerprint density at radius 3 is 2.65 bits per heavy atom. The summed E-state index contributed by atoms with van der Waals surface area (Å²) in [5.74, 6) is 0.0781. The summed E-state index contributed by atoms with van der Waals surface area (Å²) < 4.78 is 42.3. The van der Waals surface area contributed by atoms with Gasteiger partial charge in [-0.1, -0.05) is 11.6 Å². The Labute approximate surface area is 102 Å². The van der Waals surface area contributed by atoms with Crippen molar-refractivity contribution in [1.29, 1.82) is 0 Å². The number of rotatable bonds is 4. The summed E-state index contributed by atoms with van der Waals surface area (Å²) >= 11 is 5.53. The van der Waals surface area contributed by atoms with Crippen LogP contribution in [0, 0.1) is 0 Å². The van der Waals surface area contributed by atoms with Gasteiger partial charge in [-0.05, 0) is 19.1 Å². The summed E-state index contributed by atoms with van der Waals surface area (Å²) in [6.07, 6.45) is -4.44. The first-order valence-electron chi connectivity index (χ1n) is 4.83. The van der Waals surface area contributed by atoms with Gasteiger partial charge in [0.15, 0.2) is 0 Å². The highest BCUT2D eigenvalue weighted by atomic mass is 35.5. The number of hydrogen-bond donors (Lipinski definition) is 1. The topological polar surface area (TPSA) is 34.1 Å². The molecule has 7 heteroatoms. The van der Waals surface area contributed by atoms with Crippen LogP contribution in [-0.2, 0) is 10.9 Å². The molecule has 0 fully saturated rings. The van der Waals surface area contributed by atoms with E-state index in [4.69, 9.17) is 16.3 Å². The molecule has 0 aliphatic carbocycles. The zero-order valence-electron chi connectivity index (χ0n) is 9.31. The van der Waals surface area contributed by atoms with Crippen molar-refractivity contribution < 1.29 is 17.9 Å². The van der Waals surface area contributed by atoms with E-state index in [2.05, 4.69) is 10.3 Å². The van der Waals surface area contributed by atoms with Crippen LogP contribution in [0.2, 0.25) is 5.15 Å². The monoisotopic (exact) mass is 268 g/mol. The molecule has 0 aromatic carbocycles. The minimum absolute atomic E-state index is 0.0781. The molecule has 1 rings (SSSR count). The van der Waals surface area contributed by atoms with Gasteiger partial charge in [0.25, 0.3) is 0 Å². The van der Waals surface area contributed by atoms with Gasteiger partial charge in [-0.15, -0.1) is 0 Å². The third kappa shape index (κ3) is 4.40. The molecule has 1 unspecified atom stereocenters. The molecule has 1 N–H and O–H groups in total. The molecule has 0 spiro atoms. The van der Waals surface area contributed by atoms with Crippen LogP contribution in [0.4, 0.5) is 19.0 Å². The van der Waals surface area contributed by atoms with Gasteiger partial charge in [0.1, 0.15) is 11.0 Å². The maximum Gasteiger partial charge on any atom is 0.416 e. The normalized spacial score (nSPS) is 13.5. The van der Waals surface area contributed by atoms with Crippen molar-refractivity contribution in [2.24, 2.45) is 0 Å². The predicted octanol–water partition coefficient (Wildman–Crippen LogP) is 3.20. The van der Waals surface area contributed by atoms with Crippen molar-refractivity contribution in [2.75, 3.05) is 19.0 Å². The number of anilines is 1. The van der Waals surface area contributed by atoms with Crippen molar-refractivity contribution in [3.05, 3.63) is 22.8 Å². The van der Waals surface area contributed by atoms with Crippen LogP contribution in [0.15, 0.2) is 12.1 Å². The van der Waals surface area contributed by atoms with Crippen LogP contribution >= 0.6 is 11.6 Å². The standard InChI is InChI=1S/C10H12ClF3N2O/c1-6(5-17-2)15-9-4-7(10(12,13)14)3-8(11)16-9/h3-4,6H,5H2,1-2H3,(H,15,16). The van der Waals surface area contributed by atoms with E-state index in [9.17, 15) is 13.2 Å². The molecule has 0 bridgehead atoms. The minimum Gasteiger partial charge on any atom is -0.383 e. The number of nitrogens with one attached hydrogen (secondary N) is 1. The summed E-state index contributed by atoms with van der Waals surface area (Å²) in [5, 5.41) is 2.57. The molecular formula is C10H12ClF3N2O. The van der Waals surface area contributed by atoms with Crippen LogP contribution < -0.4 is 5.32 Å². The van der Waals surface area contributed by atoms with E-state index in [0.29, 0.717) is 6.61 Å². The van der Waals surface area contributed by atoms with E-state index in [0.717, 1.165) is 12.1 Å². The van der Waals surface area contributed by atoms with E-state index in [1.807, 2.05) is 0 Å². The number of halogens is 4. The van der Waals surface area contributed by atoms with Gasteiger partial charge >= 0.3 is 6.18 Å². The Morgan fingerprint density at radius 1 is 1.47 bits per heavy atom. The van der Waals surface area contributed by atoms with Crippen molar-refractivity contribution in [1.82, 2.24) is 4.98 Å². The molecule has 0 aliphatic rings. The Bertz CT molecular complexity index is 384. The first-order valence-corrected chi connectivity index (χ1v) is 5.21. The molecule has 17 heavy (non-hydrogen) atoms. The first-order chi connectivity index (χ1) is 7.82. The lowest BCUT2D eigenvalue weighted by Gasteiger charge is -2.15. The van der Waals surface area contributed by atoms with Crippen LogP contribution in [-0.4, -0.2) is 24.7 Å². The SMILES string of the molecule is COCC(C)Nc1cc(C(F)(F)F)cc(Cl)n1. The third-order valence-electron chi connectivity index (χ3n) is 1.93. The molecule has 0 radical (unpaired) electrons. The average molecular weight is 269 g/mol. The number of ether oxygens (including phenoxy) is 1. The maximum absolute atomic E-state index is 12.5. The van der Waals surface area contributed by atoms with E-state index >= 15 is 0 Å². The number of alkyl halides is 3. The highest BCUT2D eigenvalue weighted by molar-refractivity contribution is 6.29. The molecule has 1 heterocycles. The first kappa shape index (κ1) is 14.1. The minimum atomic E-state index is -4.44. The summed E-state index contributed by atoms with van der Waals surface area (Å²) in [6.45, 7) is 2.12. The van der Waals surface area contributed by atoms with E-state index < -0.39 is 11.7 Å². The lowest BCUT2D eigenvalue weighted by molar-refractivity contribution is -0.137.